The van der Waals surface area contributed by atoms with Crippen LogP contribution in [-0.2, 0) is 37.4 Å². The van der Waals surface area contributed by atoms with Gasteiger partial charge in [-0.25, -0.2) is 4.57 Å². The highest BCUT2D eigenvalue weighted by Crippen LogP contribution is 2.43. The third-order valence-corrected chi connectivity index (χ3v) is 10.7. The van der Waals surface area contributed by atoms with Crippen LogP contribution < -0.4 is 0 Å². The van der Waals surface area contributed by atoms with Crippen molar-refractivity contribution in [1.82, 2.24) is 0 Å². The monoisotopic (exact) mass is 825 g/mol. The van der Waals surface area contributed by atoms with Crippen molar-refractivity contribution in [3.63, 3.8) is 0 Å². The first-order valence-electron chi connectivity index (χ1n) is 22.5. The predicted octanol–water partition coefficient (Wildman–Crippen LogP) is 11.7. The lowest BCUT2D eigenvalue weighted by atomic mass is 10.1. The van der Waals surface area contributed by atoms with Crippen LogP contribution in [0, 0.1) is 0 Å². The number of carbonyl (C=O) groups is 2. The van der Waals surface area contributed by atoms with Crippen molar-refractivity contribution in [3.05, 3.63) is 48.6 Å². The van der Waals surface area contributed by atoms with Crippen molar-refractivity contribution >= 4 is 19.8 Å². The Balaban J connectivity index is 2.33. The fourth-order valence-electron chi connectivity index (χ4n) is 6.04. The van der Waals surface area contributed by atoms with Gasteiger partial charge in [0.05, 0.1) is 40.0 Å². The second-order valence-corrected chi connectivity index (χ2v) is 17.9. The van der Waals surface area contributed by atoms with Crippen LogP contribution in [0.15, 0.2) is 48.6 Å². The molecule has 1 aliphatic rings. The smallest absolute Gasteiger partial charge is 0.462 e. The zero-order chi connectivity index (χ0) is 41.9. The summed E-state index contributed by atoms with van der Waals surface area (Å²) in [6, 6.07) is 0. The number of rotatable bonds is 39. The topological polar surface area (TPSA) is 121 Å². The largest absolute Gasteiger partial charge is 0.472 e. The van der Waals surface area contributed by atoms with Crippen molar-refractivity contribution in [1.29, 1.82) is 0 Å². The van der Waals surface area contributed by atoms with Gasteiger partial charge in [0.25, 0.3) is 0 Å². The van der Waals surface area contributed by atoms with Crippen LogP contribution in [0.2, 0.25) is 0 Å². The van der Waals surface area contributed by atoms with Crippen molar-refractivity contribution in [2.75, 3.05) is 47.5 Å². The molecule has 11 heteroatoms. The van der Waals surface area contributed by atoms with Crippen LogP contribution in [-0.4, -0.2) is 87.1 Å². The molecule has 1 fully saturated rings. The van der Waals surface area contributed by atoms with Gasteiger partial charge in [-0.3, -0.25) is 18.6 Å². The summed E-state index contributed by atoms with van der Waals surface area (Å²) in [4.78, 5) is 35.4. The van der Waals surface area contributed by atoms with Gasteiger partial charge in [-0.1, -0.05) is 127 Å². The predicted molar refractivity (Wildman–Crippen MR) is 233 cm³/mol. The summed E-state index contributed by atoms with van der Waals surface area (Å²) >= 11 is 0. The van der Waals surface area contributed by atoms with E-state index in [9.17, 15) is 19.0 Å². The molecule has 0 aliphatic carbocycles. The van der Waals surface area contributed by atoms with Gasteiger partial charge in [-0.15, -0.1) is 0 Å². The molecule has 0 aromatic rings. The van der Waals surface area contributed by atoms with E-state index in [2.05, 4.69) is 62.5 Å². The lowest BCUT2D eigenvalue weighted by molar-refractivity contribution is -0.870. The van der Waals surface area contributed by atoms with Gasteiger partial charge in [0.2, 0.25) is 0 Å². The molecule has 0 aromatic heterocycles. The van der Waals surface area contributed by atoms with Crippen molar-refractivity contribution in [3.8, 4) is 0 Å². The second kappa shape index (κ2) is 34.8. The highest BCUT2D eigenvalue weighted by Gasteiger charge is 2.36. The number of phosphoric ester groups is 1. The van der Waals surface area contributed by atoms with Crippen LogP contribution >= 0.6 is 7.82 Å². The van der Waals surface area contributed by atoms with Crippen molar-refractivity contribution in [2.24, 2.45) is 0 Å². The minimum Gasteiger partial charge on any atom is -0.462 e. The van der Waals surface area contributed by atoms with Gasteiger partial charge in [0.15, 0.2) is 6.10 Å². The Morgan fingerprint density at radius 1 is 0.632 bits per heavy atom. The van der Waals surface area contributed by atoms with E-state index in [1.807, 2.05) is 21.1 Å². The SMILES string of the molecule is CCCCC/C=C\C/C=C\CC1OC1C/C=C\CCCC(=O)OC[C@H](COP(=O)(O)OCC[N+](C)(C)C)OC(=O)CCCCCCCCC/C=C\CCCCCC. The molecule has 1 rings (SSSR count). The third-order valence-electron chi connectivity index (χ3n) is 9.73. The molecule has 0 spiro atoms. The number of allylic oxidation sites excluding steroid dienone is 6. The fourth-order valence-corrected chi connectivity index (χ4v) is 6.78. The molecule has 330 valence electrons. The number of phosphoric acid groups is 1. The van der Waals surface area contributed by atoms with E-state index in [-0.39, 0.29) is 38.3 Å². The molecule has 1 aliphatic heterocycles. The van der Waals surface area contributed by atoms with E-state index in [0.717, 1.165) is 51.4 Å². The molecule has 10 nitrogen and oxygen atoms in total. The van der Waals surface area contributed by atoms with Crippen LogP contribution in [0.1, 0.15) is 168 Å². The number of ether oxygens (including phenoxy) is 3. The lowest BCUT2D eigenvalue weighted by Gasteiger charge is -2.24. The number of esters is 2. The van der Waals surface area contributed by atoms with E-state index in [1.54, 1.807) is 0 Å². The minimum atomic E-state index is -4.39. The Morgan fingerprint density at radius 3 is 1.77 bits per heavy atom. The zero-order valence-electron chi connectivity index (χ0n) is 36.8. The van der Waals surface area contributed by atoms with E-state index in [4.69, 9.17) is 23.3 Å². The van der Waals surface area contributed by atoms with Gasteiger partial charge >= 0.3 is 19.8 Å². The number of hydrogen-bond acceptors (Lipinski definition) is 8. The van der Waals surface area contributed by atoms with Gasteiger partial charge in [0.1, 0.15) is 19.8 Å². The first kappa shape index (κ1) is 52.9. The minimum absolute atomic E-state index is 0.0182. The first-order valence-corrected chi connectivity index (χ1v) is 24.0. The molecule has 0 bridgehead atoms. The molecule has 3 unspecified atom stereocenters. The van der Waals surface area contributed by atoms with E-state index in [1.165, 1.54) is 77.0 Å². The maximum Gasteiger partial charge on any atom is 0.472 e. The summed E-state index contributed by atoms with van der Waals surface area (Å²) < 4.78 is 40.1. The number of epoxide rings is 1. The average molecular weight is 825 g/mol. The van der Waals surface area contributed by atoms with Crippen LogP contribution in [0.4, 0.5) is 0 Å². The summed E-state index contributed by atoms with van der Waals surface area (Å²) in [7, 11) is 1.43. The number of nitrogens with zero attached hydrogens (tertiary/aromatic N) is 1. The van der Waals surface area contributed by atoms with Crippen molar-refractivity contribution in [2.45, 2.75) is 186 Å². The maximum absolute atomic E-state index is 12.7. The number of unbranched alkanes of at least 4 members (excludes halogenated alkanes) is 15. The molecule has 0 saturated carbocycles. The van der Waals surface area contributed by atoms with E-state index >= 15 is 0 Å². The van der Waals surface area contributed by atoms with Crippen LogP contribution in [0.5, 0.6) is 0 Å². The molecule has 1 heterocycles. The van der Waals surface area contributed by atoms with Gasteiger partial charge in [-0.2, -0.15) is 0 Å². The summed E-state index contributed by atoms with van der Waals surface area (Å²) in [6.07, 6.45) is 41.8. The summed E-state index contributed by atoms with van der Waals surface area (Å²) in [5.74, 6) is -0.879. The van der Waals surface area contributed by atoms with E-state index < -0.39 is 32.5 Å². The maximum atomic E-state index is 12.7. The zero-order valence-corrected chi connectivity index (χ0v) is 37.7. The highest BCUT2D eigenvalue weighted by atomic mass is 31.2. The van der Waals surface area contributed by atoms with Gasteiger partial charge in [-0.05, 0) is 77.0 Å². The number of carbonyl (C=O) groups excluding carboxylic acids is 2. The molecule has 57 heavy (non-hydrogen) atoms. The molecule has 1 saturated heterocycles. The normalized spacial score (nSPS) is 17.6. The molecule has 4 atom stereocenters. The standard InChI is InChI=1S/C46H82NO9P/c1-6-8-10-12-14-16-17-18-19-20-21-23-25-27-33-37-46(49)55-42(41-54-57(50,51)53-39-38-47(3,4)5)40-52-45(48)36-32-29-28-31-35-44-43(56-44)34-30-26-24-22-15-13-11-9-7-2/h15-17,22,26,28,30-31,42-44H,6-14,18-21,23-25,27,29,32-41H2,1-5H3/p+1/b17-16-,22-15-,30-26-,31-28-/t42-,43?,44?/m1/s1. The highest BCUT2D eigenvalue weighted by molar-refractivity contribution is 7.47. The summed E-state index contributed by atoms with van der Waals surface area (Å²) in [6.45, 7) is 4.29. The Hall–Kier alpha value is -2.07. The van der Waals surface area contributed by atoms with Crippen molar-refractivity contribution < 1.29 is 46.8 Å². The summed E-state index contributed by atoms with van der Waals surface area (Å²) in [5.41, 5.74) is 0. The van der Waals surface area contributed by atoms with Crippen LogP contribution in [0.3, 0.4) is 0 Å². The Labute approximate surface area is 348 Å². The Bertz CT molecular complexity index is 1180. The molecular formula is C46H83NO9P+. The molecule has 0 aromatic carbocycles. The number of likely N-dealkylation sites (N-methyl/N-ethyl adjacent to an activating group) is 1. The second-order valence-electron chi connectivity index (χ2n) is 16.5. The summed E-state index contributed by atoms with van der Waals surface area (Å²) in [5, 5.41) is 0. The third kappa shape index (κ3) is 35.6. The van der Waals surface area contributed by atoms with Gasteiger partial charge < -0.3 is 23.6 Å². The first-order chi connectivity index (χ1) is 27.5. The fraction of sp³-hybridized carbons (Fsp3) is 0.783. The van der Waals surface area contributed by atoms with Gasteiger partial charge in [0, 0.05) is 12.8 Å². The van der Waals surface area contributed by atoms with Crippen LogP contribution in [0.25, 0.3) is 0 Å². The number of hydrogen-bond donors (Lipinski definition) is 1. The Kier molecular flexibility index (Phi) is 32.3. The number of quaternary nitrogens is 1. The molecule has 1 N–H and O–H groups in total. The quantitative estimate of drug-likeness (QED) is 0.0161. The molecular weight excluding hydrogens is 741 g/mol. The van der Waals surface area contributed by atoms with E-state index in [0.29, 0.717) is 23.9 Å². The average Bonchev–Trinajstić information content (AvgIpc) is 3.92. The molecule has 0 radical (unpaired) electrons. The lowest BCUT2D eigenvalue weighted by Crippen LogP contribution is -2.37. The Morgan fingerprint density at radius 2 is 1.12 bits per heavy atom. The molecule has 0 amide bonds.